The Kier molecular flexibility index (Phi) is 5.40. The van der Waals surface area contributed by atoms with Crippen molar-refractivity contribution in [3.8, 4) is 0 Å². The molecule has 0 saturated heterocycles. The van der Waals surface area contributed by atoms with E-state index in [4.69, 9.17) is 0 Å². The second-order valence-corrected chi connectivity index (χ2v) is 15.0. The SMILES string of the molecule is CC1(C)CC[C@]2(CO)CC[C@]3(C)C(=CCC4[C@@]5(C)CC[C@H](O)[C@@](C)(CO)C5CC[C@]43C)[C@H]2C1. The first-order chi connectivity index (χ1) is 15.3. The van der Waals surface area contributed by atoms with Crippen LogP contribution in [0.4, 0.5) is 0 Å². The van der Waals surface area contributed by atoms with Gasteiger partial charge in [-0.15, -0.1) is 0 Å². The summed E-state index contributed by atoms with van der Waals surface area (Å²) in [5.41, 5.74) is 2.34. The van der Waals surface area contributed by atoms with Crippen molar-refractivity contribution in [2.75, 3.05) is 13.2 Å². The molecule has 5 aliphatic carbocycles. The summed E-state index contributed by atoms with van der Waals surface area (Å²) in [6.45, 7) is 15.1. The zero-order valence-corrected chi connectivity index (χ0v) is 22.2. The van der Waals surface area contributed by atoms with Crippen LogP contribution >= 0.6 is 0 Å². The van der Waals surface area contributed by atoms with Gasteiger partial charge in [0.1, 0.15) is 0 Å². The molecule has 4 fully saturated rings. The molecule has 0 aromatic carbocycles. The zero-order valence-electron chi connectivity index (χ0n) is 22.2. The summed E-state index contributed by atoms with van der Waals surface area (Å²) in [5.74, 6) is 1.49. The molecule has 2 unspecified atom stereocenters. The van der Waals surface area contributed by atoms with E-state index in [0.717, 1.165) is 32.1 Å². The van der Waals surface area contributed by atoms with Crippen molar-refractivity contribution in [1.82, 2.24) is 0 Å². The summed E-state index contributed by atoms with van der Waals surface area (Å²) in [4.78, 5) is 0. The Morgan fingerprint density at radius 3 is 2.18 bits per heavy atom. The highest BCUT2D eigenvalue weighted by Gasteiger charge is 2.68. The molecular weight excluding hydrogens is 408 g/mol. The van der Waals surface area contributed by atoms with Crippen LogP contribution in [0.25, 0.3) is 0 Å². The first kappa shape index (κ1) is 24.3. The molecule has 188 valence electrons. The lowest BCUT2D eigenvalue weighted by molar-refractivity contribution is -0.216. The van der Waals surface area contributed by atoms with Gasteiger partial charge in [0.05, 0.1) is 12.7 Å². The van der Waals surface area contributed by atoms with E-state index in [0.29, 0.717) is 29.8 Å². The van der Waals surface area contributed by atoms with E-state index in [2.05, 4.69) is 47.6 Å². The van der Waals surface area contributed by atoms with Gasteiger partial charge < -0.3 is 15.3 Å². The topological polar surface area (TPSA) is 60.7 Å². The monoisotopic (exact) mass is 458 g/mol. The summed E-state index contributed by atoms with van der Waals surface area (Å²) in [5, 5.41) is 32.0. The fourth-order valence-corrected chi connectivity index (χ4v) is 10.7. The van der Waals surface area contributed by atoms with Crippen LogP contribution in [0.3, 0.4) is 0 Å². The summed E-state index contributed by atoms with van der Waals surface area (Å²) >= 11 is 0. The molecule has 0 heterocycles. The smallest absolute Gasteiger partial charge is 0.0618 e. The molecule has 0 amide bonds. The molecule has 5 aliphatic rings. The Bertz CT molecular complexity index is 832. The van der Waals surface area contributed by atoms with Crippen molar-refractivity contribution in [3.63, 3.8) is 0 Å². The molecule has 3 nitrogen and oxygen atoms in total. The summed E-state index contributed by atoms with van der Waals surface area (Å²) in [6.07, 6.45) is 13.6. The maximum Gasteiger partial charge on any atom is 0.0618 e. The normalized spacial score (nSPS) is 55.5. The molecule has 4 saturated carbocycles. The number of rotatable bonds is 2. The van der Waals surface area contributed by atoms with Crippen LogP contribution in [0.2, 0.25) is 0 Å². The van der Waals surface area contributed by atoms with Gasteiger partial charge in [-0.3, -0.25) is 0 Å². The van der Waals surface area contributed by atoms with Gasteiger partial charge in [0, 0.05) is 17.4 Å². The maximum absolute atomic E-state index is 10.9. The van der Waals surface area contributed by atoms with E-state index >= 15 is 0 Å². The van der Waals surface area contributed by atoms with Crippen LogP contribution in [-0.2, 0) is 0 Å². The molecule has 0 aromatic rings. The van der Waals surface area contributed by atoms with Gasteiger partial charge in [0.15, 0.2) is 0 Å². The van der Waals surface area contributed by atoms with Crippen LogP contribution in [0.15, 0.2) is 11.6 Å². The highest BCUT2D eigenvalue weighted by molar-refractivity contribution is 5.33. The predicted octanol–water partition coefficient (Wildman–Crippen LogP) is 6.11. The number of hydrogen-bond donors (Lipinski definition) is 3. The molecule has 0 aromatic heterocycles. The van der Waals surface area contributed by atoms with Crippen molar-refractivity contribution >= 4 is 0 Å². The maximum atomic E-state index is 10.9. The molecule has 3 heteroatoms. The summed E-state index contributed by atoms with van der Waals surface area (Å²) in [7, 11) is 0. The van der Waals surface area contributed by atoms with Gasteiger partial charge in [-0.05, 0) is 104 Å². The highest BCUT2D eigenvalue weighted by atomic mass is 16.3. The first-order valence-corrected chi connectivity index (χ1v) is 13.9. The summed E-state index contributed by atoms with van der Waals surface area (Å²) in [6, 6.07) is 0. The van der Waals surface area contributed by atoms with Crippen LogP contribution < -0.4 is 0 Å². The quantitative estimate of drug-likeness (QED) is 0.437. The van der Waals surface area contributed by atoms with E-state index in [1.807, 2.05) is 0 Å². The molecule has 5 rings (SSSR count). The lowest BCUT2D eigenvalue weighted by Gasteiger charge is -2.71. The first-order valence-electron chi connectivity index (χ1n) is 13.9. The van der Waals surface area contributed by atoms with Crippen molar-refractivity contribution < 1.29 is 15.3 Å². The van der Waals surface area contributed by atoms with Crippen molar-refractivity contribution in [3.05, 3.63) is 11.6 Å². The lowest BCUT2D eigenvalue weighted by Crippen LogP contribution is -2.65. The number of fused-ring (bicyclic) bond motifs is 7. The molecular formula is C30H50O3. The Labute approximate surface area is 202 Å². The molecule has 9 atom stereocenters. The minimum absolute atomic E-state index is 0.0897. The van der Waals surface area contributed by atoms with E-state index in [-0.39, 0.29) is 39.8 Å². The minimum Gasteiger partial charge on any atom is -0.396 e. The number of hydrogen-bond acceptors (Lipinski definition) is 3. The van der Waals surface area contributed by atoms with E-state index < -0.39 is 0 Å². The number of aliphatic hydroxyl groups is 3. The summed E-state index contributed by atoms with van der Waals surface area (Å²) < 4.78 is 0. The van der Waals surface area contributed by atoms with Gasteiger partial charge in [-0.2, -0.15) is 0 Å². The highest BCUT2D eigenvalue weighted by Crippen LogP contribution is 2.75. The standard InChI is InChI=1S/C30H50O3/c1-25(2)13-15-30(19-32)16-14-28(5)20(21(30)17-25)7-8-23-26(3)11-10-24(33)27(4,18-31)22(26)9-12-29(23,28)6/h7,21-24,31-33H,8-19H2,1-6H3/t21-,22?,23?,24+,26+,27+,28-,29-,30-/m1/s1. The third-order valence-electron chi connectivity index (χ3n) is 13.2. The van der Waals surface area contributed by atoms with E-state index in [9.17, 15) is 15.3 Å². The molecule has 0 aliphatic heterocycles. The van der Waals surface area contributed by atoms with Crippen LogP contribution in [-0.4, -0.2) is 34.6 Å². The Morgan fingerprint density at radius 2 is 1.52 bits per heavy atom. The van der Waals surface area contributed by atoms with Gasteiger partial charge in [0.2, 0.25) is 0 Å². The van der Waals surface area contributed by atoms with Gasteiger partial charge in [-0.1, -0.05) is 53.2 Å². The van der Waals surface area contributed by atoms with Gasteiger partial charge in [-0.25, -0.2) is 0 Å². The van der Waals surface area contributed by atoms with Gasteiger partial charge >= 0.3 is 0 Å². The largest absolute Gasteiger partial charge is 0.396 e. The Balaban J connectivity index is 1.58. The van der Waals surface area contributed by atoms with Crippen molar-refractivity contribution in [2.45, 2.75) is 112 Å². The van der Waals surface area contributed by atoms with Crippen LogP contribution in [0, 0.1) is 50.2 Å². The average molecular weight is 459 g/mol. The molecule has 0 bridgehead atoms. The number of allylic oxidation sites excluding steroid dienone is 2. The Morgan fingerprint density at radius 1 is 0.818 bits per heavy atom. The van der Waals surface area contributed by atoms with Crippen LogP contribution in [0.5, 0.6) is 0 Å². The second-order valence-electron chi connectivity index (χ2n) is 15.0. The molecule has 33 heavy (non-hydrogen) atoms. The lowest BCUT2D eigenvalue weighted by atomic mass is 9.33. The fraction of sp³-hybridized carbons (Fsp3) is 0.933. The van der Waals surface area contributed by atoms with E-state index in [1.54, 1.807) is 5.57 Å². The van der Waals surface area contributed by atoms with Crippen molar-refractivity contribution in [1.29, 1.82) is 0 Å². The second kappa shape index (κ2) is 7.32. The van der Waals surface area contributed by atoms with Crippen molar-refractivity contribution in [2.24, 2.45) is 50.2 Å². The number of aliphatic hydroxyl groups excluding tert-OH is 3. The fourth-order valence-electron chi connectivity index (χ4n) is 10.7. The minimum atomic E-state index is -0.389. The average Bonchev–Trinajstić information content (AvgIpc) is 2.77. The third kappa shape index (κ3) is 2.97. The Hall–Kier alpha value is -0.380. The molecule has 0 radical (unpaired) electrons. The van der Waals surface area contributed by atoms with E-state index in [1.165, 1.54) is 32.1 Å². The van der Waals surface area contributed by atoms with Crippen LogP contribution in [0.1, 0.15) is 106 Å². The molecule has 3 N–H and O–H groups in total. The predicted molar refractivity (Wildman–Crippen MR) is 134 cm³/mol. The van der Waals surface area contributed by atoms with Gasteiger partial charge in [0.25, 0.3) is 0 Å². The zero-order chi connectivity index (χ0) is 24.1. The third-order valence-corrected chi connectivity index (χ3v) is 13.2. The molecule has 0 spiro atoms.